The van der Waals surface area contributed by atoms with Crippen LogP contribution in [0.3, 0.4) is 0 Å². The zero-order chi connectivity index (χ0) is 36.8. The quantitative estimate of drug-likeness (QED) is 0.0337. The van der Waals surface area contributed by atoms with Gasteiger partial charge in [-0.15, -0.1) is 0 Å². The van der Waals surface area contributed by atoms with Gasteiger partial charge in [-0.05, 0) is 96.1 Å². The predicted molar refractivity (Wildman–Crippen MR) is 211 cm³/mol. The van der Waals surface area contributed by atoms with Gasteiger partial charge in [-0.25, -0.2) is 4.79 Å². The molecule has 0 aromatic rings. The van der Waals surface area contributed by atoms with Crippen molar-refractivity contribution in [2.45, 2.75) is 212 Å². The number of carboxylic acid groups (broad SMARTS) is 1. The summed E-state index contributed by atoms with van der Waals surface area (Å²) in [7, 11) is 0. The average Bonchev–Trinajstić information content (AvgIpc) is 3.10. The van der Waals surface area contributed by atoms with E-state index in [9.17, 15) is 19.5 Å². The van der Waals surface area contributed by atoms with E-state index in [1.165, 1.54) is 96.3 Å². The molecule has 0 spiro atoms. The first-order valence-electron chi connectivity index (χ1n) is 20.8. The van der Waals surface area contributed by atoms with Crippen LogP contribution in [0.25, 0.3) is 0 Å². The second-order valence-electron chi connectivity index (χ2n) is 14.0. The number of carboxylic acids is 1. The second kappa shape index (κ2) is 37.8. The van der Waals surface area contributed by atoms with Gasteiger partial charge in [0.05, 0.1) is 0 Å². The van der Waals surface area contributed by atoms with Crippen LogP contribution in [0.15, 0.2) is 36.5 Å². The van der Waals surface area contributed by atoms with Crippen LogP contribution < -0.4 is 11.1 Å². The van der Waals surface area contributed by atoms with E-state index in [0.717, 1.165) is 57.8 Å². The van der Waals surface area contributed by atoms with Crippen molar-refractivity contribution in [1.82, 2.24) is 5.32 Å². The summed E-state index contributed by atoms with van der Waals surface area (Å²) in [5, 5.41) is 11.9. The van der Waals surface area contributed by atoms with Crippen molar-refractivity contribution in [2.75, 3.05) is 6.54 Å². The fraction of sp³-hybridized carbons (Fsp3) is 0.791. The molecule has 290 valence electrons. The van der Waals surface area contributed by atoms with Crippen molar-refractivity contribution in [3.63, 3.8) is 0 Å². The SMILES string of the molecule is CCCCC/C=C\C/C=C\CCCCCCCCCCCC(=O)OC(/C=C\CCCCCC)CCCCCCC(=O)NC(CCCN)C(=O)O. The van der Waals surface area contributed by atoms with Crippen LogP contribution in [0, 0.1) is 0 Å². The van der Waals surface area contributed by atoms with E-state index in [0.29, 0.717) is 38.6 Å². The van der Waals surface area contributed by atoms with Crippen LogP contribution in [0.1, 0.15) is 200 Å². The number of carbonyl (C=O) groups excluding carboxylic acids is 2. The summed E-state index contributed by atoms with van der Waals surface area (Å²) in [5.74, 6) is -1.33. The van der Waals surface area contributed by atoms with Gasteiger partial charge < -0.3 is 20.9 Å². The van der Waals surface area contributed by atoms with E-state index in [4.69, 9.17) is 10.5 Å². The molecule has 0 aromatic heterocycles. The first-order valence-corrected chi connectivity index (χ1v) is 20.8. The summed E-state index contributed by atoms with van der Waals surface area (Å²) in [6.45, 7) is 4.87. The fourth-order valence-corrected chi connectivity index (χ4v) is 5.98. The highest BCUT2D eigenvalue weighted by molar-refractivity contribution is 5.83. The number of esters is 1. The lowest BCUT2D eigenvalue weighted by atomic mass is 10.1. The lowest BCUT2D eigenvalue weighted by Crippen LogP contribution is -2.40. The molecule has 0 rings (SSSR count). The normalized spacial score (nSPS) is 13.0. The number of carbonyl (C=O) groups is 3. The minimum atomic E-state index is -1.02. The number of hydrogen-bond acceptors (Lipinski definition) is 5. The molecule has 0 bridgehead atoms. The molecule has 0 aliphatic rings. The summed E-state index contributed by atoms with van der Waals surface area (Å²) < 4.78 is 5.90. The van der Waals surface area contributed by atoms with Crippen molar-refractivity contribution in [3.05, 3.63) is 36.5 Å². The van der Waals surface area contributed by atoms with Crippen LogP contribution in [-0.4, -0.2) is 41.6 Å². The molecule has 0 radical (unpaired) electrons. The molecular formula is C43H78N2O5. The molecule has 0 aromatic carbocycles. The Morgan fingerprint density at radius 2 is 1.10 bits per heavy atom. The monoisotopic (exact) mass is 703 g/mol. The van der Waals surface area contributed by atoms with Crippen molar-refractivity contribution >= 4 is 17.8 Å². The molecule has 0 aliphatic carbocycles. The molecule has 0 saturated heterocycles. The van der Waals surface area contributed by atoms with E-state index in [-0.39, 0.29) is 18.0 Å². The molecular weight excluding hydrogens is 624 g/mol. The Morgan fingerprint density at radius 3 is 1.70 bits per heavy atom. The minimum Gasteiger partial charge on any atom is -0.480 e. The Kier molecular flexibility index (Phi) is 36.0. The number of aliphatic carboxylic acids is 1. The van der Waals surface area contributed by atoms with Crippen molar-refractivity contribution in [2.24, 2.45) is 5.73 Å². The third-order valence-electron chi connectivity index (χ3n) is 9.16. The maximum atomic E-state index is 12.7. The summed E-state index contributed by atoms with van der Waals surface area (Å²) in [6.07, 6.45) is 43.5. The second-order valence-corrected chi connectivity index (χ2v) is 14.0. The third-order valence-corrected chi connectivity index (χ3v) is 9.16. The highest BCUT2D eigenvalue weighted by atomic mass is 16.5. The van der Waals surface area contributed by atoms with Gasteiger partial charge in [0, 0.05) is 12.8 Å². The zero-order valence-electron chi connectivity index (χ0n) is 32.5. The first kappa shape index (κ1) is 47.6. The standard InChI is InChI=1S/C43H78N2O5/c1-3-5-7-9-11-12-13-14-15-16-17-18-19-20-21-22-23-25-31-37-42(47)50-39(33-28-24-10-8-6-4-2)34-29-26-27-30-36-41(46)45-40(43(48)49)35-32-38-44/h11-12,14-15,28,33,39-40H,3-10,13,16-27,29-32,34-38,44H2,1-2H3,(H,45,46)(H,48,49)/b12-11-,15-14-,33-28-. The maximum absolute atomic E-state index is 12.7. The third kappa shape index (κ3) is 34.1. The van der Waals surface area contributed by atoms with Crippen LogP contribution >= 0.6 is 0 Å². The van der Waals surface area contributed by atoms with Crippen molar-refractivity contribution < 1.29 is 24.2 Å². The molecule has 0 aliphatic heterocycles. The molecule has 2 unspecified atom stereocenters. The number of nitrogens with one attached hydrogen (secondary N) is 1. The molecule has 2 atom stereocenters. The van der Waals surface area contributed by atoms with Gasteiger partial charge in [0.15, 0.2) is 0 Å². The van der Waals surface area contributed by atoms with Crippen LogP contribution in [0.2, 0.25) is 0 Å². The first-order chi connectivity index (χ1) is 24.4. The number of rotatable bonds is 37. The number of nitrogens with two attached hydrogens (primary N) is 1. The summed E-state index contributed by atoms with van der Waals surface area (Å²) in [4.78, 5) is 36.2. The zero-order valence-corrected chi connectivity index (χ0v) is 32.5. The lowest BCUT2D eigenvalue weighted by Gasteiger charge is -2.15. The van der Waals surface area contributed by atoms with Gasteiger partial charge in [0.2, 0.25) is 5.91 Å². The average molecular weight is 703 g/mol. The van der Waals surface area contributed by atoms with Crippen LogP contribution in [-0.2, 0) is 19.1 Å². The van der Waals surface area contributed by atoms with E-state index in [1.807, 2.05) is 0 Å². The van der Waals surface area contributed by atoms with Gasteiger partial charge in [-0.1, -0.05) is 134 Å². The number of ether oxygens (including phenoxy) is 1. The maximum Gasteiger partial charge on any atom is 0.326 e. The smallest absolute Gasteiger partial charge is 0.326 e. The van der Waals surface area contributed by atoms with E-state index in [2.05, 4.69) is 55.6 Å². The van der Waals surface area contributed by atoms with Crippen molar-refractivity contribution in [3.8, 4) is 0 Å². The topological polar surface area (TPSA) is 119 Å². The molecule has 0 fully saturated rings. The van der Waals surface area contributed by atoms with E-state index >= 15 is 0 Å². The summed E-state index contributed by atoms with van der Waals surface area (Å²) >= 11 is 0. The molecule has 50 heavy (non-hydrogen) atoms. The Bertz CT molecular complexity index is 885. The number of amides is 1. The Balaban J connectivity index is 4.12. The Morgan fingerprint density at radius 1 is 0.600 bits per heavy atom. The van der Waals surface area contributed by atoms with Gasteiger partial charge in [0.1, 0.15) is 12.1 Å². The molecule has 7 heteroatoms. The van der Waals surface area contributed by atoms with Crippen molar-refractivity contribution in [1.29, 1.82) is 0 Å². The number of hydrogen-bond donors (Lipinski definition) is 3. The van der Waals surface area contributed by atoms with Crippen LogP contribution in [0.5, 0.6) is 0 Å². The molecule has 1 amide bonds. The van der Waals surface area contributed by atoms with Gasteiger partial charge in [0.25, 0.3) is 0 Å². The van der Waals surface area contributed by atoms with Gasteiger partial charge in [-0.3, -0.25) is 9.59 Å². The van der Waals surface area contributed by atoms with E-state index in [1.54, 1.807) is 0 Å². The predicted octanol–water partition coefficient (Wildman–Crippen LogP) is 11.4. The molecule has 4 N–H and O–H groups in total. The largest absolute Gasteiger partial charge is 0.480 e. The lowest BCUT2D eigenvalue weighted by molar-refractivity contribution is -0.147. The molecule has 0 saturated carbocycles. The fourth-order valence-electron chi connectivity index (χ4n) is 5.98. The summed E-state index contributed by atoms with van der Waals surface area (Å²) in [6, 6.07) is -0.870. The Labute approximate surface area is 307 Å². The number of allylic oxidation sites excluding steroid dienone is 5. The molecule has 7 nitrogen and oxygen atoms in total. The molecule has 0 heterocycles. The van der Waals surface area contributed by atoms with Gasteiger partial charge >= 0.3 is 11.9 Å². The Hall–Kier alpha value is -2.41. The van der Waals surface area contributed by atoms with Crippen LogP contribution in [0.4, 0.5) is 0 Å². The number of unbranched alkanes of at least 4 members (excludes halogenated alkanes) is 19. The highest BCUT2D eigenvalue weighted by Gasteiger charge is 2.19. The van der Waals surface area contributed by atoms with Gasteiger partial charge in [-0.2, -0.15) is 0 Å². The highest BCUT2D eigenvalue weighted by Crippen LogP contribution is 2.16. The minimum absolute atomic E-state index is 0.0954. The van der Waals surface area contributed by atoms with E-state index < -0.39 is 12.0 Å². The summed E-state index contributed by atoms with van der Waals surface area (Å²) in [5.41, 5.74) is 5.47.